The highest BCUT2D eigenvalue weighted by atomic mass is 79.9. The van der Waals surface area contributed by atoms with E-state index < -0.39 is 0 Å². The minimum Gasteiger partial charge on any atom is -0.437 e. The first kappa shape index (κ1) is 13.3. The maximum Gasteiger partial charge on any atom is 0.228 e. The molecule has 0 aliphatic carbocycles. The van der Waals surface area contributed by atoms with Gasteiger partial charge in [0.15, 0.2) is 6.29 Å². The minimum absolute atomic E-state index is 0.436. The van der Waals surface area contributed by atoms with Crippen molar-refractivity contribution >= 4 is 38.1 Å². The second kappa shape index (κ2) is 5.24. The Balaban J connectivity index is 2.42. The molecule has 0 unspecified atom stereocenters. The van der Waals surface area contributed by atoms with E-state index in [1.54, 1.807) is 18.7 Å². The van der Waals surface area contributed by atoms with Crippen LogP contribution in [0.1, 0.15) is 16.1 Å². The Morgan fingerprint density at radius 3 is 2.72 bits per heavy atom. The molecule has 1 aromatic carbocycles. The highest BCUT2D eigenvalue weighted by Crippen LogP contribution is 2.33. The summed E-state index contributed by atoms with van der Waals surface area (Å²) in [6.45, 7) is 1.77. The normalized spacial score (nSPS) is 10.4. The lowest BCUT2D eigenvalue weighted by atomic mass is 10.3. The summed E-state index contributed by atoms with van der Waals surface area (Å²) in [6.07, 6.45) is 0.754. The van der Waals surface area contributed by atoms with Crippen molar-refractivity contribution in [2.45, 2.75) is 6.92 Å². The van der Waals surface area contributed by atoms with Gasteiger partial charge in [0.2, 0.25) is 5.88 Å². The summed E-state index contributed by atoms with van der Waals surface area (Å²) in [5.41, 5.74) is 1.11. The van der Waals surface area contributed by atoms with Gasteiger partial charge in [-0.3, -0.25) is 4.79 Å². The number of rotatable bonds is 3. The van der Waals surface area contributed by atoms with Crippen LogP contribution in [0.15, 0.2) is 27.1 Å². The number of hydrogen-bond acceptors (Lipinski definition) is 3. The molecule has 4 nitrogen and oxygen atoms in total. The average molecular weight is 374 g/mol. The number of hydrogen-bond donors (Lipinski definition) is 0. The van der Waals surface area contributed by atoms with E-state index in [1.165, 1.54) is 0 Å². The highest BCUT2D eigenvalue weighted by Gasteiger charge is 2.15. The van der Waals surface area contributed by atoms with E-state index in [4.69, 9.17) is 4.74 Å². The van der Waals surface area contributed by atoms with Gasteiger partial charge in [0.05, 0.1) is 15.7 Å². The summed E-state index contributed by atoms with van der Waals surface area (Å²) in [4.78, 5) is 11.0. The fourth-order valence-electron chi connectivity index (χ4n) is 1.57. The number of ether oxygens (including phenoxy) is 1. The van der Waals surface area contributed by atoms with Crippen LogP contribution >= 0.6 is 31.9 Å². The van der Waals surface area contributed by atoms with Gasteiger partial charge in [-0.05, 0) is 41.1 Å². The van der Waals surface area contributed by atoms with Gasteiger partial charge < -0.3 is 4.74 Å². The summed E-state index contributed by atoms with van der Waals surface area (Å²) >= 11 is 6.78. The lowest BCUT2D eigenvalue weighted by Gasteiger charge is -2.08. The van der Waals surface area contributed by atoms with Crippen LogP contribution in [-0.4, -0.2) is 16.1 Å². The minimum atomic E-state index is 0.436. The summed E-state index contributed by atoms with van der Waals surface area (Å²) in [7, 11) is 1.74. The number of aldehydes is 1. The number of carbonyl (C=O) groups is 1. The van der Waals surface area contributed by atoms with E-state index in [1.807, 2.05) is 18.2 Å². The van der Waals surface area contributed by atoms with E-state index in [0.29, 0.717) is 22.9 Å². The SMILES string of the molecule is Cc1nn(C)c(Oc2ccc(Br)cc2Br)c1C=O. The third-order valence-corrected chi connectivity index (χ3v) is 3.55. The second-order valence-electron chi connectivity index (χ2n) is 3.72. The monoisotopic (exact) mass is 372 g/mol. The summed E-state index contributed by atoms with van der Waals surface area (Å²) < 4.78 is 9.03. The van der Waals surface area contributed by atoms with Gasteiger partial charge >= 0.3 is 0 Å². The lowest BCUT2D eigenvalue weighted by molar-refractivity contribution is 0.112. The van der Waals surface area contributed by atoms with Crippen molar-refractivity contribution in [3.05, 3.63) is 38.4 Å². The zero-order valence-electron chi connectivity index (χ0n) is 9.78. The van der Waals surface area contributed by atoms with Crippen molar-refractivity contribution in [2.75, 3.05) is 0 Å². The molecule has 0 bridgehead atoms. The van der Waals surface area contributed by atoms with Crippen LogP contribution in [0.25, 0.3) is 0 Å². The first-order chi connectivity index (χ1) is 8.52. The average Bonchev–Trinajstić information content (AvgIpc) is 2.57. The molecule has 0 aliphatic rings. The first-order valence-electron chi connectivity index (χ1n) is 5.14. The standard InChI is InChI=1S/C12H10Br2N2O2/c1-7-9(6-17)12(16(2)15-7)18-11-4-3-8(13)5-10(11)14/h3-6H,1-2H3. The zero-order chi connectivity index (χ0) is 13.3. The Labute approximate surface area is 121 Å². The molecular formula is C12H10Br2N2O2. The fourth-order valence-corrected chi connectivity index (χ4v) is 2.70. The van der Waals surface area contributed by atoms with Crippen LogP contribution in [0.4, 0.5) is 0 Å². The number of benzene rings is 1. The van der Waals surface area contributed by atoms with Crippen molar-refractivity contribution in [2.24, 2.45) is 7.05 Å². The number of halogens is 2. The van der Waals surface area contributed by atoms with E-state index in [2.05, 4.69) is 37.0 Å². The Bertz CT molecular complexity index is 608. The maximum absolute atomic E-state index is 11.0. The molecule has 0 aliphatic heterocycles. The van der Waals surface area contributed by atoms with Crippen molar-refractivity contribution in [3.8, 4) is 11.6 Å². The third-order valence-electron chi connectivity index (χ3n) is 2.43. The van der Waals surface area contributed by atoms with Crippen LogP contribution in [0.5, 0.6) is 11.6 Å². The van der Waals surface area contributed by atoms with Crippen LogP contribution in [-0.2, 0) is 7.05 Å². The maximum atomic E-state index is 11.0. The van der Waals surface area contributed by atoms with Gasteiger partial charge in [0.1, 0.15) is 5.75 Å². The second-order valence-corrected chi connectivity index (χ2v) is 5.49. The van der Waals surface area contributed by atoms with Crippen LogP contribution in [0.2, 0.25) is 0 Å². The molecular weight excluding hydrogens is 364 g/mol. The largest absolute Gasteiger partial charge is 0.437 e. The molecule has 94 valence electrons. The molecule has 1 heterocycles. The van der Waals surface area contributed by atoms with Crippen molar-refractivity contribution in [3.63, 3.8) is 0 Å². The van der Waals surface area contributed by atoms with E-state index >= 15 is 0 Å². The highest BCUT2D eigenvalue weighted by molar-refractivity contribution is 9.11. The Morgan fingerprint density at radius 1 is 1.39 bits per heavy atom. The molecule has 0 saturated carbocycles. The molecule has 0 spiro atoms. The van der Waals surface area contributed by atoms with Gasteiger partial charge in [0.25, 0.3) is 0 Å². The molecule has 18 heavy (non-hydrogen) atoms. The molecule has 0 N–H and O–H groups in total. The number of aryl methyl sites for hydroxylation is 2. The molecule has 0 amide bonds. The van der Waals surface area contributed by atoms with Gasteiger partial charge in [-0.15, -0.1) is 0 Å². The molecule has 0 radical (unpaired) electrons. The van der Waals surface area contributed by atoms with Gasteiger partial charge in [-0.2, -0.15) is 5.10 Å². The van der Waals surface area contributed by atoms with Gasteiger partial charge in [0, 0.05) is 11.5 Å². The summed E-state index contributed by atoms with van der Waals surface area (Å²) in [6, 6.07) is 5.55. The summed E-state index contributed by atoms with van der Waals surface area (Å²) in [5.74, 6) is 1.06. The van der Waals surface area contributed by atoms with Crippen molar-refractivity contribution < 1.29 is 9.53 Å². The molecule has 1 aromatic heterocycles. The van der Waals surface area contributed by atoms with Crippen LogP contribution in [0, 0.1) is 6.92 Å². The molecule has 0 atom stereocenters. The summed E-state index contributed by atoms with van der Waals surface area (Å²) in [5, 5.41) is 4.16. The Morgan fingerprint density at radius 2 is 2.11 bits per heavy atom. The fraction of sp³-hybridized carbons (Fsp3) is 0.167. The van der Waals surface area contributed by atoms with Crippen LogP contribution in [0.3, 0.4) is 0 Å². The molecule has 6 heteroatoms. The number of aromatic nitrogens is 2. The molecule has 0 saturated heterocycles. The predicted molar refractivity (Wildman–Crippen MR) is 75.2 cm³/mol. The van der Waals surface area contributed by atoms with E-state index in [9.17, 15) is 4.79 Å². The number of carbonyl (C=O) groups excluding carboxylic acids is 1. The zero-order valence-corrected chi connectivity index (χ0v) is 12.9. The smallest absolute Gasteiger partial charge is 0.228 e. The van der Waals surface area contributed by atoms with Gasteiger partial charge in [-0.1, -0.05) is 15.9 Å². The first-order valence-corrected chi connectivity index (χ1v) is 6.73. The Kier molecular flexibility index (Phi) is 3.87. The van der Waals surface area contributed by atoms with Gasteiger partial charge in [-0.25, -0.2) is 4.68 Å². The van der Waals surface area contributed by atoms with Crippen molar-refractivity contribution in [1.82, 2.24) is 9.78 Å². The van der Waals surface area contributed by atoms with E-state index in [-0.39, 0.29) is 0 Å². The van der Waals surface area contributed by atoms with Crippen LogP contribution < -0.4 is 4.74 Å². The molecule has 2 rings (SSSR count). The molecule has 0 fully saturated rings. The Hall–Kier alpha value is -1.14. The lowest BCUT2D eigenvalue weighted by Crippen LogP contribution is -1.97. The van der Waals surface area contributed by atoms with E-state index in [0.717, 1.165) is 15.2 Å². The topological polar surface area (TPSA) is 44.1 Å². The number of nitrogens with zero attached hydrogens (tertiary/aromatic N) is 2. The van der Waals surface area contributed by atoms with Crippen molar-refractivity contribution in [1.29, 1.82) is 0 Å². The third kappa shape index (κ3) is 2.49. The molecule has 2 aromatic rings. The quantitative estimate of drug-likeness (QED) is 0.767. The predicted octanol–water partition coefficient (Wildman–Crippen LogP) is 3.86.